The number of nitrogens with one attached hydrogen (secondary N) is 2. The molecule has 0 saturated carbocycles. The zero-order valence-electron chi connectivity index (χ0n) is 16.1. The summed E-state index contributed by atoms with van der Waals surface area (Å²) in [6, 6.07) is 19.4. The minimum atomic E-state index is -0.807. The van der Waals surface area contributed by atoms with Gasteiger partial charge >= 0.3 is 11.8 Å². The Morgan fingerprint density at radius 2 is 1.72 bits per heavy atom. The summed E-state index contributed by atoms with van der Waals surface area (Å²) in [5, 5.41) is 6.50. The van der Waals surface area contributed by atoms with Crippen LogP contribution in [0.3, 0.4) is 0 Å². The molecular formula is C22H21BrN4O2. The Balaban J connectivity index is 1.61. The number of aromatic nitrogens is 1. The molecule has 148 valence electrons. The van der Waals surface area contributed by atoms with Gasteiger partial charge in [0.2, 0.25) is 0 Å². The smallest absolute Gasteiger partial charge is 0.329 e. The van der Waals surface area contributed by atoms with Gasteiger partial charge in [-0.05, 0) is 49.7 Å². The van der Waals surface area contributed by atoms with Gasteiger partial charge in [-0.15, -0.1) is 0 Å². The van der Waals surface area contributed by atoms with Crippen molar-refractivity contribution in [1.82, 2.24) is 15.3 Å². The van der Waals surface area contributed by atoms with E-state index in [1.165, 1.54) is 0 Å². The molecule has 3 aromatic rings. The minimum absolute atomic E-state index is 0.283. The fourth-order valence-corrected chi connectivity index (χ4v) is 3.24. The first kappa shape index (κ1) is 20.5. The number of hydrazone groups is 1. The topological polar surface area (TPSA) is 75.5 Å². The van der Waals surface area contributed by atoms with E-state index < -0.39 is 11.8 Å². The summed E-state index contributed by atoms with van der Waals surface area (Å²) in [4.78, 5) is 23.8. The van der Waals surface area contributed by atoms with E-state index in [0.29, 0.717) is 0 Å². The molecule has 0 aliphatic heterocycles. The molecule has 0 fully saturated rings. The molecule has 0 spiro atoms. The van der Waals surface area contributed by atoms with Crippen LogP contribution in [0, 0.1) is 13.8 Å². The number of halogens is 1. The normalized spacial score (nSPS) is 10.9. The maximum atomic E-state index is 11.9. The van der Waals surface area contributed by atoms with Crippen LogP contribution in [0.15, 0.2) is 70.2 Å². The van der Waals surface area contributed by atoms with Crippen LogP contribution in [0.2, 0.25) is 0 Å². The van der Waals surface area contributed by atoms with Crippen LogP contribution in [0.1, 0.15) is 22.5 Å². The molecule has 6 nitrogen and oxygen atoms in total. The summed E-state index contributed by atoms with van der Waals surface area (Å²) < 4.78 is 3.11. The van der Waals surface area contributed by atoms with Crippen molar-refractivity contribution in [3.05, 3.63) is 87.7 Å². The van der Waals surface area contributed by atoms with Crippen LogP contribution >= 0.6 is 15.9 Å². The van der Waals surface area contributed by atoms with Crippen LogP contribution in [-0.4, -0.2) is 22.6 Å². The Kier molecular flexibility index (Phi) is 6.61. The van der Waals surface area contributed by atoms with Gasteiger partial charge in [0.05, 0.1) is 6.21 Å². The minimum Gasteiger partial charge on any atom is -0.344 e. The number of aryl methyl sites for hydroxylation is 1. The number of carbonyl (C=O) groups excluding carboxylic acids is 2. The lowest BCUT2D eigenvalue weighted by molar-refractivity contribution is -0.139. The predicted octanol–water partition coefficient (Wildman–Crippen LogP) is 3.62. The van der Waals surface area contributed by atoms with Crippen molar-refractivity contribution < 1.29 is 9.59 Å². The molecule has 0 bridgehead atoms. The van der Waals surface area contributed by atoms with Gasteiger partial charge in [0.15, 0.2) is 0 Å². The Morgan fingerprint density at radius 1 is 1.03 bits per heavy atom. The van der Waals surface area contributed by atoms with E-state index >= 15 is 0 Å². The molecule has 1 heterocycles. The molecule has 1 aromatic heterocycles. The van der Waals surface area contributed by atoms with Gasteiger partial charge < -0.3 is 9.88 Å². The lowest BCUT2D eigenvalue weighted by atomic mass is 10.2. The fraction of sp³-hybridized carbons (Fsp3) is 0.136. The van der Waals surface area contributed by atoms with Gasteiger partial charge in [-0.1, -0.05) is 46.3 Å². The highest BCUT2D eigenvalue weighted by Gasteiger charge is 2.13. The number of hydrogen-bond acceptors (Lipinski definition) is 3. The second kappa shape index (κ2) is 9.34. The molecule has 29 heavy (non-hydrogen) atoms. The van der Waals surface area contributed by atoms with Gasteiger partial charge in [-0.25, -0.2) is 5.43 Å². The third-order valence-corrected chi connectivity index (χ3v) is 4.96. The van der Waals surface area contributed by atoms with E-state index in [1.807, 2.05) is 74.5 Å². The molecule has 0 aliphatic carbocycles. The standard InChI is InChI=1S/C22H21BrN4O2/c1-15-12-18(16(2)27(15)20-10-8-19(23)9-11-20)14-25-26-22(29)21(28)24-13-17-6-4-3-5-7-17/h3-12,14H,13H2,1-2H3,(H,24,28)(H,26,29)/b25-14-. The van der Waals surface area contributed by atoms with Gasteiger partial charge in [0.25, 0.3) is 0 Å². The third kappa shape index (κ3) is 5.20. The zero-order chi connectivity index (χ0) is 20.8. The Labute approximate surface area is 177 Å². The fourth-order valence-electron chi connectivity index (χ4n) is 2.98. The van der Waals surface area contributed by atoms with Crippen LogP contribution in [-0.2, 0) is 16.1 Å². The van der Waals surface area contributed by atoms with E-state index in [1.54, 1.807) is 6.21 Å². The maximum Gasteiger partial charge on any atom is 0.329 e. The van der Waals surface area contributed by atoms with Crippen LogP contribution in [0.4, 0.5) is 0 Å². The van der Waals surface area contributed by atoms with Crippen molar-refractivity contribution in [2.24, 2.45) is 5.10 Å². The summed E-state index contributed by atoms with van der Waals surface area (Å²) in [5.41, 5.74) is 7.10. The highest BCUT2D eigenvalue weighted by Crippen LogP contribution is 2.21. The lowest BCUT2D eigenvalue weighted by Gasteiger charge is -2.09. The van der Waals surface area contributed by atoms with Crippen molar-refractivity contribution in [2.45, 2.75) is 20.4 Å². The molecule has 0 unspecified atom stereocenters. The van der Waals surface area contributed by atoms with Crippen LogP contribution in [0.25, 0.3) is 5.69 Å². The van der Waals surface area contributed by atoms with E-state index in [0.717, 1.165) is 32.7 Å². The first-order valence-electron chi connectivity index (χ1n) is 9.06. The number of carbonyl (C=O) groups is 2. The van der Waals surface area contributed by atoms with Gasteiger partial charge in [0, 0.05) is 33.7 Å². The van der Waals surface area contributed by atoms with Crippen LogP contribution in [0.5, 0.6) is 0 Å². The molecule has 3 rings (SSSR count). The zero-order valence-corrected chi connectivity index (χ0v) is 17.7. The molecule has 7 heteroatoms. The number of nitrogens with zero attached hydrogens (tertiary/aromatic N) is 2. The molecule has 0 atom stereocenters. The quantitative estimate of drug-likeness (QED) is 0.352. The number of rotatable bonds is 5. The third-order valence-electron chi connectivity index (χ3n) is 4.43. The monoisotopic (exact) mass is 452 g/mol. The SMILES string of the molecule is Cc1cc(/C=N\NC(=O)C(=O)NCc2ccccc2)c(C)n1-c1ccc(Br)cc1. The van der Waals surface area contributed by atoms with Crippen molar-refractivity contribution >= 4 is 34.0 Å². The predicted molar refractivity (Wildman–Crippen MR) is 117 cm³/mol. The lowest BCUT2D eigenvalue weighted by Crippen LogP contribution is -2.37. The molecule has 0 radical (unpaired) electrons. The second-order valence-corrected chi connectivity index (χ2v) is 7.42. The van der Waals surface area contributed by atoms with E-state index in [4.69, 9.17) is 0 Å². The first-order valence-corrected chi connectivity index (χ1v) is 9.85. The Bertz CT molecular complexity index is 1040. The molecule has 0 aliphatic rings. The van der Waals surface area contributed by atoms with Crippen LogP contribution < -0.4 is 10.7 Å². The average Bonchev–Trinajstić information content (AvgIpc) is 3.01. The summed E-state index contributed by atoms with van der Waals surface area (Å²) in [7, 11) is 0. The highest BCUT2D eigenvalue weighted by molar-refractivity contribution is 9.10. The first-order chi connectivity index (χ1) is 14.0. The van der Waals surface area contributed by atoms with E-state index in [9.17, 15) is 9.59 Å². The van der Waals surface area contributed by atoms with Gasteiger partial charge in [-0.2, -0.15) is 5.10 Å². The number of hydrogen-bond donors (Lipinski definition) is 2. The van der Waals surface area contributed by atoms with Gasteiger partial charge in [-0.3, -0.25) is 9.59 Å². The molecular weight excluding hydrogens is 432 g/mol. The molecule has 2 N–H and O–H groups in total. The van der Waals surface area contributed by atoms with Crippen molar-refractivity contribution in [2.75, 3.05) is 0 Å². The van der Waals surface area contributed by atoms with Gasteiger partial charge in [0.1, 0.15) is 0 Å². The van der Waals surface area contributed by atoms with E-state index in [-0.39, 0.29) is 6.54 Å². The average molecular weight is 453 g/mol. The van der Waals surface area contributed by atoms with Crippen molar-refractivity contribution in [3.63, 3.8) is 0 Å². The highest BCUT2D eigenvalue weighted by atomic mass is 79.9. The van der Waals surface area contributed by atoms with E-state index in [2.05, 4.69) is 36.3 Å². The Hall–Kier alpha value is -3.19. The molecule has 2 amide bonds. The summed E-state index contributed by atoms with van der Waals surface area (Å²) >= 11 is 3.44. The van der Waals surface area contributed by atoms with Crippen molar-refractivity contribution in [3.8, 4) is 5.69 Å². The largest absolute Gasteiger partial charge is 0.344 e. The number of benzene rings is 2. The summed E-state index contributed by atoms with van der Waals surface area (Å²) in [6.45, 7) is 4.26. The second-order valence-electron chi connectivity index (χ2n) is 6.51. The summed E-state index contributed by atoms with van der Waals surface area (Å²) in [5.74, 6) is -1.54. The molecule has 2 aromatic carbocycles. The Morgan fingerprint density at radius 3 is 2.41 bits per heavy atom. The maximum absolute atomic E-state index is 11.9. The molecule has 0 saturated heterocycles. The van der Waals surface area contributed by atoms with Crippen molar-refractivity contribution in [1.29, 1.82) is 0 Å². The number of amides is 2. The summed E-state index contributed by atoms with van der Waals surface area (Å²) in [6.07, 6.45) is 1.54.